The fourth-order valence-corrected chi connectivity index (χ4v) is 3.57. The van der Waals surface area contributed by atoms with E-state index in [1.807, 2.05) is 0 Å². The van der Waals surface area contributed by atoms with Crippen LogP contribution in [0.4, 0.5) is 23.2 Å². The molecule has 3 aromatic carbocycles. The molecule has 0 atom stereocenters. The number of hydrogen-bond donors (Lipinski definition) is 3. The van der Waals surface area contributed by atoms with E-state index in [-0.39, 0.29) is 29.1 Å². The molecule has 0 unspecified atom stereocenters. The number of phenols is 1. The van der Waals surface area contributed by atoms with Gasteiger partial charge in [-0.2, -0.15) is 18.3 Å². The first-order chi connectivity index (χ1) is 16.1. The molecule has 34 heavy (non-hydrogen) atoms. The number of hydrogen-bond acceptors (Lipinski definition) is 4. The van der Waals surface area contributed by atoms with E-state index in [0.29, 0.717) is 16.5 Å². The minimum absolute atomic E-state index is 0.0507. The Bertz CT molecular complexity index is 1410. The van der Waals surface area contributed by atoms with Crippen molar-refractivity contribution in [3.05, 3.63) is 94.9 Å². The van der Waals surface area contributed by atoms with E-state index in [0.717, 1.165) is 18.2 Å². The number of anilines is 1. The normalized spacial score (nSPS) is 11.9. The molecule has 0 aliphatic carbocycles. The van der Waals surface area contributed by atoms with Crippen LogP contribution < -0.4 is 11.2 Å². The van der Waals surface area contributed by atoms with Crippen molar-refractivity contribution in [3.8, 4) is 5.75 Å². The fraction of sp³-hybridized carbons (Fsp3) is 0.0833. The maximum absolute atomic E-state index is 13.7. The number of nitrogen functional groups attached to an aromatic ring is 1. The van der Waals surface area contributed by atoms with E-state index in [4.69, 9.17) is 5.73 Å². The van der Waals surface area contributed by atoms with Crippen molar-refractivity contribution < 1.29 is 27.5 Å². The van der Waals surface area contributed by atoms with Gasteiger partial charge in [0.25, 0.3) is 5.91 Å². The Morgan fingerprint density at radius 3 is 2.65 bits per heavy atom. The number of aromatic hydroxyl groups is 1. The van der Waals surface area contributed by atoms with E-state index in [2.05, 4.69) is 10.5 Å². The average Bonchev–Trinajstić information content (AvgIpc) is 3.18. The first-order valence-electron chi connectivity index (χ1n) is 9.99. The summed E-state index contributed by atoms with van der Waals surface area (Å²) in [5.74, 6) is -1.44. The Labute approximate surface area is 190 Å². The van der Waals surface area contributed by atoms with Gasteiger partial charge in [0.15, 0.2) is 0 Å². The van der Waals surface area contributed by atoms with Crippen LogP contribution in [0, 0.1) is 5.82 Å². The zero-order valence-corrected chi connectivity index (χ0v) is 17.5. The molecule has 0 aliphatic heterocycles. The second-order valence-electron chi connectivity index (χ2n) is 7.50. The number of alkyl halides is 3. The first kappa shape index (κ1) is 22.8. The molecule has 6 nitrogen and oxygen atoms in total. The standard InChI is InChI=1S/C24H18F4N4O2/c25-17-5-6-19(24(26,27)28)16(10-17)13-32-9-8-18-15(2-1-3-21(18)32)12-30-31-23(34)14-4-7-22(33)20(29)11-14/h1-12,33H,13,29H2,(H,31,34)/b30-12+. The molecule has 0 radical (unpaired) electrons. The largest absolute Gasteiger partial charge is 0.506 e. The summed E-state index contributed by atoms with van der Waals surface area (Å²) in [6.07, 6.45) is -1.60. The highest BCUT2D eigenvalue weighted by Crippen LogP contribution is 2.33. The quantitative estimate of drug-likeness (QED) is 0.127. The van der Waals surface area contributed by atoms with Gasteiger partial charge in [0.05, 0.1) is 17.5 Å². The molecule has 10 heteroatoms. The van der Waals surface area contributed by atoms with Crippen LogP contribution in [0.15, 0.2) is 72.0 Å². The van der Waals surface area contributed by atoms with Crippen LogP contribution in [0.2, 0.25) is 0 Å². The Kier molecular flexibility index (Phi) is 5.97. The number of hydrazone groups is 1. The number of halogens is 4. The molecule has 0 saturated carbocycles. The monoisotopic (exact) mass is 470 g/mol. The molecule has 4 rings (SSSR count). The van der Waals surface area contributed by atoms with Gasteiger partial charge in [-0.15, -0.1) is 0 Å². The minimum atomic E-state index is -4.61. The summed E-state index contributed by atoms with van der Waals surface area (Å²) >= 11 is 0. The third kappa shape index (κ3) is 4.70. The Morgan fingerprint density at radius 1 is 1.12 bits per heavy atom. The lowest BCUT2D eigenvalue weighted by molar-refractivity contribution is -0.138. The molecule has 0 saturated heterocycles. The van der Waals surface area contributed by atoms with E-state index < -0.39 is 23.5 Å². The number of rotatable bonds is 5. The van der Waals surface area contributed by atoms with Crippen molar-refractivity contribution in [1.82, 2.24) is 9.99 Å². The summed E-state index contributed by atoms with van der Waals surface area (Å²) in [6, 6.07) is 13.2. The molecule has 0 aliphatic rings. The zero-order valence-electron chi connectivity index (χ0n) is 17.5. The third-order valence-electron chi connectivity index (χ3n) is 5.22. The number of benzene rings is 3. The van der Waals surface area contributed by atoms with Gasteiger partial charge < -0.3 is 15.4 Å². The number of fused-ring (bicyclic) bond motifs is 1. The number of nitrogens with one attached hydrogen (secondary N) is 1. The predicted molar refractivity (Wildman–Crippen MR) is 120 cm³/mol. The summed E-state index contributed by atoms with van der Waals surface area (Å²) in [4.78, 5) is 12.2. The van der Waals surface area contributed by atoms with E-state index >= 15 is 0 Å². The van der Waals surface area contributed by atoms with Crippen molar-refractivity contribution in [1.29, 1.82) is 0 Å². The Balaban J connectivity index is 1.57. The molecular formula is C24H18F4N4O2. The molecule has 0 spiro atoms. The lowest BCUT2D eigenvalue weighted by atomic mass is 10.1. The second kappa shape index (κ2) is 8.89. The molecule has 0 bridgehead atoms. The maximum atomic E-state index is 13.7. The van der Waals surface area contributed by atoms with Crippen LogP contribution in [-0.2, 0) is 12.7 Å². The summed E-state index contributed by atoms with van der Waals surface area (Å²) in [6.45, 7) is -0.185. The van der Waals surface area contributed by atoms with Crippen molar-refractivity contribution in [2.75, 3.05) is 5.73 Å². The predicted octanol–water partition coefficient (Wildman–Crippen LogP) is 4.90. The van der Waals surface area contributed by atoms with Crippen molar-refractivity contribution in [3.63, 3.8) is 0 Å². The van der Waals surface area contributed by atoms with Crippen molar-refractivity contribution >= 4 is 28.7 Å². The molecule has 4 aromatic rings. The summed E-state index contributed by atoms with van der Waals surface area (Å²) < 4.78 is 55.3. The van der Waals surface area contributed by atoms with E-state index in [9.17, 15) is 27.5 Å². The number of amides is 1. The Morgan fingerprint density at radius 2 is 1.91 bits per heavy atom. The number of nitrogens with zero attached hydrogens (tertiary/aromatic N) is 2. The molecule has 1 aromatic heterocycles. The lowest BCUT2D eigenvalue weighted by Gasteiger charge is -2.14. The van der Waals surface area contributed by atoms with Crippen LogP contribution in [-0.4, -0.2) is 21.8 Å². The van der Waals surface area contributed by atoms with Gasteiger partial charge in [-0.25, -0.2) is 9.82 Å². The van der Waals surface area contributed by atoms with Crippen LogP contribution >= 0.6 is 0 Å². The second-order valence-corrected chi connectivity index (χ2v) is 7.50. The lowest BCUT2D eigenvalue weighted by Crippen LogP contribution is -2.17. The van der Waals surface area contributed by atoms with Gasteiger partial charge in [0.1, 0.15) is 11.6 Å². The number of aromatic nitrogens is 1. The Hall–Kier alpha value is -4.34. The van der Waals surface area contributed by atoms with Crippen LogP contribution in [0.5, 0.6) is 5.75 Å². The number of phenolic OH excluding ortho intramolecular Hbond substituents is 1. The highest BCUT2D eigenvalue weighted by atomic mass is 19.4. The summed E-state index contributed by atoms with van der Waals surface area (Å²) in [5.41, 5.74) is 8.32. The van der Waals surface area contributed by atoms with Crippen molar-refractivity contribution in [2.45, 2.75) is 12.7 Å². The molecule has 1 amide bonds. The molecule has 1 heterocycles. The highest BCUT2D eigenvalue weighted by Gasteiger charge is 2.33. The SMILES string of the molecule is Nc1cc(C(=O)N/N=C/c2cccc3c2ccn3Cc2cc(F)ccc2C(F)(F)F)ccc1O. The average molecular weight is 470 g/mol. The van der Waals surface area contributed by atoms with Crippen LogP contribution in [0.25, 0.3) is 10.9 Å². The zero-order chi connectivity index (χ0) is 24.5. The topological polar surface area (TPSA) is 92.6 Å². The van der Waals surface area contributed by atoms with Gasteiger partial charge in [0.2, 0.25) is 0 Å². The molecule has 4 N–H and O–H groups in total. The molecule has 0 fully saturated rings. The van der Waals surface area contributed by atoms with E-state index in [1.165, 1.54) is 24.4 Å². The minimum Gasteiger partial charge on any atom is -0.506 e. The summed E-state index contributed by atoms with van der Waals surface area (Å²) in [5, 5.41) is 14.1. The third-order valence-corrected chi connectivity index (χ3v) is 5.22. The van der Waals surface area contributed by atoms with Gasteiger partial charge >= 0.3 is 6.18 Å². The smallest absolute Gasteiger partial charge is 0.416 e. The van der Waals surface area contributed by atoms with Gasteiger partial charge in [-0.1, -0.05) is 12.1 Å². The highest BCUT2D eigenvalue weighted by molar-refractivity contribution is 6.00. The molecule has 174 valence electrons. The number of carbonyl (C=O) groups excluding carboxylic acids is 1. The fourth-order valence-electron chi connectivity index (χ4n) is 3.57. The van der Waals surface area contributed by atoms with Crippen LogP contribution in [0.3, 0.4) is 0 Å². The van der Waals surface area contributed by atoms with E-state index in [1.54, 1.807) is 35.0 Å². The van der Waals surface area contributed by atoms with Gasteiger partial charge in [-0.05, 0) is 54.1 Å². The summed E-state index contributed by atoms with van der Waals surface area (Å²) in [7, 11) is 0. The number of carbonyl (C=O) groups is 1. The first-order valence-corrected chi connectivity index (χ1v) is 9.99. The maximum Gasteiger partial charge on any atom is 0.416 e. The van der Waals surface area contributed by atoms with Crippen LogP contribution in [0.1, 0.15) is 27.0 Å². The van der Waals surface area contributed by atoms with Gasteiger partial charge in [-0.3, -0.25) is 4.79 Å². The molecular weight excluding hydrogens is 452 g/mol. The van der Waals surface area contributed by atoms with Gasteiger partial charge in [0, 0.05) is 34.8 Å². The van der Waals surface area contributed by atoms with Crippen molar-refractivity contribution in [2.24, 2.45) is 5.10 Å². The number of nitrogens with two attached hydrogens (primary N) is 1.